The maximum Gasteiger partial charge on any atom is 0.416 e. The Balaban J connectivity index is 1.42. The number of alkyl halides is 6. The van der Waals surface area contributed by atoms with E-state index in [4.69, 9.17) is 4.74 Å². The SMILES string of the molecule is CCC1CN2CCC1CC2[C@@H](Nc1c(Nc2cc(C(F)(F)F)cc(C(F)(F)F)c2)c(=O)c1=O)c1ccnc2ccc(OC)cc12. The van der Waals surface area contributed by atoms with E-state index >= 15 is 0 Å². The molecule has 45 heavy (non-hydrogen) atoms. The number of nitrogens with zero attached hydrogens (tertiary/aromatic N) is 2. The highest BCUT2D eigenvalue weighted by Gasteiger charge is 2.44. The summed E-state index contributed by atoms with van der Waals surface area (Å²) in [5.41, 5.74) is -4.82. The van der Waals surface area contributed by atoms with Crippen LogP contribution in [0.1, 0.15) is 48.9 Å². The second kappa shape index (κ2) is 11.3. The first kappa shape index (κ1) is 30.9. The monoisotopic (exact) mass is 632 g/mol. The first-order valence-corrected chi connectivity index (χ1v) is 14.6. The summed E-state index contributed by atoms with van der Waals surface area (Å²) in [5, 5.41) is 6.36. The molecule has 3 fully saturated rings. The Kier molecular flexibility index (Phi) is 7.78. The van der Waals surface area contributed by atoms with Crippen LogP contribution in [0.25, 0.3) is 10.9 Å². The molecule has 4 unspecified atom stereocenters. The molecule has 0 aliphatic carbocycles. The molecule has 238 valence electrons. The minimum atomic E-state index is -5.08. The zero-order valence-corrected chi connectivity index (χ0v) is 24.4. The summed E-state index contributed by atoms with van der Waals surface area (Å²) in [6, 6.07) is 7.46. The van der Waals surface area contributed by atoms with Gasteiger partial charge in [0.25, 0.3) is 10.9 Å². The summed E-state index contributed by atoms with van der Waals surface area (Å²) in [4.78, 5) is 32.5. The molecule has 4 heterocycles. The molecule has 0 amide bonds. The highest BCUT2D eigenvalue weighted by atomic mass is 19.4. The van der Waals surface area contributed by atoms with E-state index < -0.39 is 51.8 Å². The minimum absolute atomic E-state index is 0.00144. The molecule has 13 heteroatoms. The quantitative estimate of drug-likeness (QED) is 0.162. The number of anilines is 3. The van der Waals surface area contributed by atoms with Gasteiger partial charge in [0.05, 0.1) is 29.8 Å². The van der Waals surface area contributed by atoms with Gasteiger partial charge in [0.2, 0.25) is 0 Å². The molecule has 2 N–H and O–H groups in total. The van der Waals surface area contributed by atoms with Gasteiger partial charge in [-0.3, -0.25) is 19.5 Å². The molecule has 3 aromatic carbocycles. The van der Waals surface area contributed by atoms with E-state index in [0.717, 1.165) is 43.3 Å². The number of nitrogens with one attached hydrogen (secondary N) is 2. The maximum atomic E-state index is 13.5. The summed E-state index contributed by atoms with van der Waals surface area (Å²) in [6.45, 7) is 3.83. The van der Waals surface area contributed by atoms with Gasteiger partial charge in [0.1, 0.15) is 17.1 Å². The molecule has 0 saturated carbocycles. The molecule has 2 bridgehead atoms. The molecule has 5 atom stereocenters. The van der Waals surface area contributed by atoms with Gasteiger partial charge in [-0.25, -0.2) is 0 Å². The van der Waals surface area contributed by atoms with Crippen LogP contribution >= 0.6 is 0 Å². The number of fused-ring (bicyclic) bond motifs is 4. The van der Waals surface area contributed by atoms with Gasteiger partial charge in [0.15, 0.2) is 0 Å². The lowest BCUT2D eigenvalue weighted by Crippen LogP contribution is -2.56. The summed E-state index contributed by atoms with van der Waals surface area (Å²) < 4.78 is 86.4. The zero-order valence-electron chi connectivity index (χ0n) is 24.4. The largest absolute Gasteiger partial charge is 0.497 e. The van der Waals surface area contributed by atoms with Crippen molar-refractivity contribution in [2.24, 2.45) is 11.8 Å². The highest BCUT2D eigenvalue weighted by molar-refractivity contribution is 5.85. The van der Waals surface area contributed by atoms with E-state index in [-0.39, 0.29) is 17.8 Å². The van der Waals surface area contributed by atoms with Crippen LogP contribution in [0, 0.1) is 11.8 Å². The van der Waals surface area contributed by atoms with Crippen molar-refractivity contribution < 1.29 is 31.1 Å². The minimum Gasteiger partial charge on any atom is -0.497 e. The van der Waals surface area contributed by atoms with Crippen LogP contribution in [-0.4, -0.2) is 36.1 Å². The van der Waals surface area contributed by atoms with Crippen molar-refractivity contribution in [3.63, 3.8) is 0 Å². The third kappa shape index (κ3) is 5.73. The van der Waals surface area contributed by atoms with Gasteiger partial charge in [0, 0.05) is 29.9 Å². The van der Waals surface area contributed by atoms with E-state index in [0.29, 0.717) is 35.2 Å². The first-order valence-electron chi connectivity index (χ1n) is 14.6. The molecular weight excluding hydrogens is 602 g/mol. The molecule has 3 aliphatic rings. The fourth-order valence-electron chi connectivity index (χ4n) is 6.89. The normalized spacial score (nSPS) is 22.5. The zero-order chi connectivity index (χ0) is 32.3. The standard InChI is InChI=1S/C32H30F6N4O3/c1-3-16-15-42-9-7-17(16)10-25(42)26(22-6-8-39-24-5-4-21(45-2)14-23(22)24)41-28-27(29(43)30(28)44)40-20-12-18(31(33,34)35)11-19(13-20)32(36,37)38/h4-6,8,11-14,16-17,25-26,40-41H,3,7,9-10,15H2,1-2H3/t16?,17?,25?,26-/m0/s1. The Hall–Kier alpha value is -4.13. The second-order valence-electron chi connectivity index (χ2n) is 11.7. The Labute approximate surface area is 253 Å². The molecule has 1 aromatic heterocycles. The van der Waals surface area contributed by atoms with Crippen molar-refractivity contribution in [3.05, 3.63) is 85.8 Å². The number of hydrogen-bond donors (Lipinski definition) is 2. The van der Waals surface area contributed by atoms with Crippen molar-refractivity contribution in [3.8, 4) is 5.75 Å². The molecule has 7 rings (SSSR count). The molecule has 0 spiro atoms. The van der Waals surface area contributed by atoms with Crippen LogP contribution in [0.3, 0.4) is 0 Å². The predicted octanol–water partition coefficient (Wildman–Crippen LogP) is 6.89. The lowest BCUT2D eigenvalue weighted by molar-refractivity contribution is -0.143. The van der Waals surface area contributed by atoms with Gasteiger partial charge in [-0.1, -0.05) is 13.3 Å². The fraction of sp³-hybridized carbons (Fsp3) is 0.406. The van der Waals surface area contributed by atoms with E-state index in [1.807, 2.05) is 6.07 Å². The number of hydrogen-bond acceptors (Lipinski definition) is 7. The molecule has 3 saturated heterocycles. The van der Waals surface area contributed by atoms with Crippen molar-refractivity contribution in [1.82, 2.24) is 9.88 Å². The van der Waals surface area contributed by atoms with Crippen LogP contribution in [0.5, 0.6) is 5.75 Å². The highest BCUT2D eigenvalue weighted by Crippen LogP contribution is 2.45. The lowest BCUT2D eigenvalue weighted by atomic mass is 9.72. The van der Waals surface area contributed by atoms with Crippen LogP contribution in [0.4, 0.5) is 43.4 Å². The topological polar surface area (TPSA) is 83.6 Å². The fourth-order valence-corrected chi connectivity index (χ4v) is 6.89. The lowest BCUT2D eigenvalue weighted by Gasteiger charge is -2.52. The maximum absolute atomic E-state index is 13.5. The molecule has 4 aromatic rings. The number of rotatable bonds is 8. The third-order valence-electron chi connectivity index (χ3n) is 9.23. The predicted molar refractivity (Wildman–Crippen MR) is 158 cm³/mol. The van der Waals surface area contributed by atoms with Crippen molar-refractivity contribution in [2.45, 2.75) is 50.6 Å². The summed E-state index contributed by atoms with van der Waals surface area (Å²) >= 11 is 0. The van der Waals surface area contributed by atoms with E-state index in [2.05, 4.69) is 27.4 Å². The second-order valence-corrected chi connectivity index (χ2v) is 11.7. The van der Waals surface area contributed by atoms with E-state index in [1.165, 1.54) is 7.11 Å². The van der Waals surface area contributed by atoms with Crippen LogP contribution in [0.15, 0.2) is 58.3 Å². The first-order chi connectivity index (χ1) is 21.3. The third-order valence-corrected chi connectivity index (χ3v) is 9.23. The molecular formula is C32H30F6N4O3. The van der Waals surface area contributed by atoms with Gasteiger partial charge in [-0.15, -0.1) is 0 Å². The van der Waals surface area contributed by atoms with Crippen LogP contribution in [-0.2, 0) is 12.4 Å². The average Bonchev–Trinajstić information content (AvgIpc) is 3.03. The van der Waals surface area contributed by atoms with Crippen molar-refractivity contribution >= 4 is 28.0 Å². The number of benzene rings is 2. The van der Waals surface area contributed by atoms with Crippen LogP contribution in [0.2, 0.25) is 0 Å². The van der Waals surface area contributed by atoms with Crippen LogP contribution < -0.4 is 26.2 Å². The van der Waals surface area contributed by atoms with Crippen molar-refractivity contribution in [2.75, 3.05) is 30.8 Å². The summed E-state index contributed by atoms with van der Waals surface area (Å²) in [5.74, 6) is 1.53. The molecule has 7 nitrogen and oxygen atoms in total. The molecule has 0 radical (unpaired) electrons. The summed E-state index contributed by atoms with van der Waals surface area (Å²) in [6.07, 6.45) is -5.68. The van der Waals surface area contributed by atoms with Gasteiger partial charge >= 0.3 is 12.4 Å². The Morgan fingerprint density at radius 1 is 0.978 bits per heavy atom. The number of aromatic nitrogens is 1. The number of pyridine rings is 1. The summed E-state index contributed by atoms with van der Waals surface area (Å²) in [7, 11) is 1.53. The Bertz CT molecular complexity index is 1780. The Morgan fingerprint density at radius 3 is 2.27 bits per heavy atom. The number of halogens is 6. The van der Waals surface area contributed by atoms with Gasteiger partial charge in [-0.2, -0.15) is 26.3 Å². The Morgan fingerprint density at radius 2 is 1.67 bits per heavy atom. The molecule has 3 aliphatic heterocycles. The van der Waals surface area contributed by atoms with E-state index in [9.17, 15) is 35.9 Å². The number of ether oxygens (including phenoxy) is 1. The van der Waals surface area contributed by atoms with Gasteiger partial charge < -0.3 is 15.4 Å². The van der Waals surface area contributed by atoms with E-state index in [1.54, 1.807) is 24.4 Å². The van der Waals surface area contributed by atoms with Gasteiger partial charge in [-0.05, 0) is 79.3 Å². The number of methoxy groups -OCH3 is 1. The number of piperidine rings is 3. The smallest absolute Gasteiger partial charge is 0.416 e. The van der Waals surface area contributed by atoms with Crippen molar-refractivity contribution in [1.29, 1.82) is 0 Å². The average molecular weight is 633 g/mol.